The SMILES string of the molecule is c1ccc(-c2ccc(-c3ccccc3-c3c4ccccc4c(-c4ccc(-c5c6ccccc6c(-c6ccccc6-c6ccc(-c7ccccc7)cc6)c6ccccc56)cc4)c4ccccc34)cc2)cc1. The van der Waals surface area contributed by atoms with Gasteiger partial charge in [0, 0.05) is 0 Å². The highest BCUT2D eigenvalue weighted by atomic mass is 14.2. The maximum Gasteiger partial charge on any atom is -0.00201 e. The lowest BCUT2D eigenvalue weighted by Gasteiger charge is -2.21. The number of hydrogen-bond donors (Lipinski definition) is 0. The second-order valence-corrected chi connectivity index (χ2v) is 18.2. The fourth-order valence-corrected chi connectivity index (χ4v) is 11.1. The number of hydrogen-bond acceptors (Lipinski definition) is 0. The van der Waals surface area contributed by atoms with E-state index in [1.54, 1.807) is 0 Å². The summed E-state index contributed by atoms with van der Waals surface area (Å²) in [6.07, 6.45) is 0. The van der Waals surface area contributed by atoms with E-state index in [-0.39, 0.29) is 0 Å². The summed E-state index contributed by atoms with van der Waals surface area (Å²) in [4.78, 5) is 0. The van der Waals surface area contributed by atoms with E-state index in [2.05, 4.69) is 279 Å². The van der Waals surface area contributed by atoms with E-state index in [0.717, 1.165) is 0 Å². The van der Waals surface area contributed by atoms with E-state index in [4.69, 9.17) is 0 Å². The first-order valence-electron chi connectivity index (χ1n) is 24.2. The molecule has 0 saturated carbocycles. The topological polar surface area (TPSA) is 0 Å². The molecule has 0 heterocycles. The standard InChI is InChI=1S/C70H46/c1-3-19-47(20-4-1)49-35-39-51(40-36-49)55-23-7-9-25-57(55)69-63-31-15-11-27-59(63)67(60-28-12-16-32-64(60)69)53-43-45-54(46-44-53)68-61-29-13-17-33-65(61)70(66-34-18-14-30-62(66)68)58-26-10-8-24-56(58)52-41-37-50(38-42-52)48-21-5-2-6-22-48/h1-46H. The van der Waals surface area contributed by atoms with Crippen LogP contribution in [0.3, 0.4) is 0 Å². The Morgan fingerprint density at radius 3 is 0.614 bits per heavy atom. The molecule has 0 nitrogen and oxygen atoms in total. The van der Waals surface area contributed by atoms with Gasteiger partial charge in [0.2, 0.25) is 0 Å². The minimum Gasteiger partial charge on any atom is -0.0622 e. The minimum absolute atomic E-state index is 1.20. The van der Waals surface area contributed by atoms with Crippen molar-refractivity contribution in [3.05, 3.63) is 279 Å². The van der Waals surface area contributed by atoms with Crippen LogP contribution in [0.2, 0.25) is 0 Å². The third-order valence-corrected chi connectivity index (χ3v) is 14.3. The van der Waals surface area contributed by atoms with Gasteiger partial charge in [-0.3, -0.25) is 0 Å². The minimum atomic E-state index is 1.20. The Hall–Kier alpha value is -9.10. The summed E-state index contributed by atoms with van der Waals surface area (Å²) in [6.45, 7) is 0. The van der Waals surface area contributed by atoms with Gasteiger partial charge in [-0.2, -0.15) is 0 Å². The summed E-state index contributed by atoms with van der Waals surface area (Å²) >= 11 is 0. The third-order valence-electron chi connectivity index (χ3n) is 14.3. The Balaban J connectivity index is 0.936. The van der Waals surface area contributed by atoms with Crippen LogP contribution in [0.1, 0.15) is 0 Å². The average molecular weight is 887 g/mol. The molecule has 0 fully saturated rings. The Morgan fingerprint density at radius 2 is 0.314 bits per heavy atom. The predicted octanol–water partition coefficient (Wildman–Crippen LogP) is 19.6. The smallest absolute Gasteiger partial charge is 0.00201 e. The molecular formula is C70H46. The maximum absolute atomic E-state index is 2.34. The largest absolute Gasteiger partial charge is 0.0622 e. The fourth-order valence-electron chi connectivity index (χ4n) is 11.1. The van der Waals surface area contributed by atoms with Gasteiger partial charge in [0.05, 0.1) is 0 Å². The number of benzene rings is 13. The van der Waals surface area contributed by atoms with E-state index in [1.165, 1.54) is 132 Å². The van der Waals surface area contributed by atoms with Crippen molar-refractivity contribution in [3.8, 4) is 89.0 Å². The first-order chi connectivity index (χ1) is 34.8. The molecule has 0 amide bonds. The summed E-state index contributed by atoms with van der Waals surface area (Å²) in [5, 5.41) is 9.95. The van der Waals surface area contributed by atoms with Crippen LogP contribution in [0.4, 0.5) is 0 Å². The van der Waals surface area contributed by atoms with Gasteiger partial charge >= 0.3 is 0 Å². The van der Waals surface area contributed by atoms with Gasteiger partial charge < -0.3 is 0 Å². The first kappa shape index (κ1) is 41.1. The van der Waals surface area contributed by atoms with Crippen LogP contribution >= 0.6 is 0 Å². The monoisotopic (exact) mass is 886 g/mol. The average Bonchev–Trinajstić information content (AvgIpc) is 3.44. The van der Waals surface area contributed by atoms with Gasteiger partial charge in [-0.1, -0.05) is 279 Å². The van der Waals surface area contributed by atoms with Gasteiger partial charge in [0.15, 0.2) is 0 Å². The molecule has 0 unspecified atom stereocenters. The molecule has 0 aliphatic carbocycles. The van der Waals surface area contributed by atoms with Crippen molar-refractivity contribution < 1.29 is 0 Å². The second kappa shape index (κ2) is 17.5. The van der Waals surface area contributed by atoms with Gasteiger partial charge in [0.25, 0.3) is 0 Å². The van der Waals surface area contributed by atoms with E-state index in [9.17, 15) is 0 Å². The highest BCUT2D eigenvalue weighted by molar-refractivity contribution is 6.24. The molecule has 13 aromatic carbocycles. The zero-order valence-electron chi connectivity index (χ0n) is 38.6. The van der Waals surface area contributed by atoms with Crippen molar-refractivity contribution in [2.75, 3.05) is 0 Å². The lowest BCUT2D eigenvalue weighted by Crippen LogP contribution is -1.94. The van der Waals surface area contributed by atoms with Crippen molar-refractivity contribution >= 4 is 43.1 Å². The first-order valence-corrected chi connectivity index (χ1v) is 24.2. The van der Waals surface area contributed by atoms with Crippen molar-refractivity contribution in [1.82, 2.24) is 0 Å². The van der Waals surface area contributed by atoms with E-state index >= 15 is 0 Å². The quantitative estimate of drug-likeness (QED) is 0.133. The summed E-state index contributed by atoms with van der Waals surface area (Å²) in [7, 11) is 0. The van der Waals surface area contributed by atoms with Crippen LogP contribution in [0.5, 0.6) is 0 Å². The molecule has 0 bridgehead atoms. The molecular weight excluding hydrogens is 841 g/mol. The summed E-state index contributed by atoms with van der Waals surface area (Å²) < 4.78 is 0. The van der Waals surface area contributed by atoms with Crippen molar-refractivity contribution in [2.45, 2.75) is 0 Å². The van der Waals surface area contributed by atoms with Crippen molar-refractivity contribution in [3.63, 3.8) is 0 Å². The van der Waals surface area contributed by atoms with Gasteiger partial charge in [0.1, 0.15) is 0 Å². The summed E-state index contributed by atoms with van der Waals surface area (Å²) in [5.74, 6) is 0. The molecule has 0 aromatic heterocycles. The molecule has 0 N–H and O–H groups in total. The normalized spacial score (nSPS) is 11.4. The Morgan fingerprint density at radius 1 is 0.114 bits per heavy atom. The van der Waals surface area contributed by atoms with E-state index in [1.807, 2.05) is 0 Å². The Labute approximate surface area is 409 Å². The highest BCUT2D eigenvalue weighted by Crippen LogP contribution is 2.49. The number of fused-ring (bicyclic) bond motifs is 4. The summed E-state index contributed by atoms with van der Waals surface area (Å²) in [5.41, 5.74) is 19.6. The molecule has 0 radical (unpaired) electrons. The molecule has 0 aliphatic heterocycles. The van der Waals surface area contributed by atoms with Crippen LogP contribution in [0.15, 0.2) is 279 Å². The van der Waals surface area contributed by atoms with Crippen LogP contribution in [-0.4, -0.2) is 0 Å². The maximum atomic E-state index is 2.34. The van der Waals surface area contributed by atoms with Crippen molar-refractivity contribution in [1.29, 1.82) is 0 Å². The fraction of sp³-hybridized carbons (Fsp3) is 0. The molecule has 13 aromatic rings. The van der Waals surface area contributed by atoms with Gasteiger partial charge in [-0.15, -0.1) is 0 Å². The van der Waals surface area contributed by atoms with Crippen LogP contribution in [0, 0.1) is 0 Å². The van der Waals surface area contributed by atoms with Crippen LogP contribution in [-0.2, 0) is 0 Å². The Kier molecular flexibility index (Phi) is 10.3. The molecule has 70 heavy (non-hydrogen) atoms. The second-order valence-electron chi connectivity index (χ2n) is 18.2. The lowest BCUT2D eigenvalue weighted by molar-refractivity contribution is 1.58. The molecule has 0 aliphatic rings. The highest BCUT2D eigenvalue weighted by Gasteiger charge is 2.21. The van der Waals surface area contributed by atoms with Crippen LogP contribution in [0.25, 0.3) is 132 Å². The predicted molar refractivity (Wildman–Crippen MR) is 300 cm³/mol. The Bertz CT molecular complexity index is 3670. The zero-order valence-corrected chi connectivity index (χ0v) is 38.6. The zero-order chi connectivity index (χ0) is 46.4. The third kappa shape index (κ3) is 7.09. The van der Waals surface area contributed by atoms with Crippen LogP contribution < -0.4 is 0 Å². The summed E-state index contributed by atoms with van der Waals surface area (Å²) in [6, 6.07) is 102. The molecule has 0 heteroatoms. The molecule has 326 valence electrons. The van der Waals surface area contributed by atoms with E-state index < -0.39 is 0 Å². The molecule has 13 rings (SSSR count). The van der Waals surface area contributed by atoms with Gasteiger partial charge in [-0.25, -0.2) is 0 Å². The van der Waals surface area contributed by atoms with Crippen molar-refractivity contribution in [2.24, 2.45) is 0 Å². The molecule has 0 atom stereocenters. The van der Waals surface area contributed by atoms with Gasteiger partial charge in [-0.05, 0) is 132 Å². The van der Waals surface area contributed by atoms with E-state index in [0.29, 0.717) is 0 Å². The molecule has 0 saturated heterocycles. The molecule has 0 spiro atoms. The number of rotatable bonds is 8. The lowest BCUT2D eigenvalue weighted by atomic mass is 9.82.